The van der Waals surface area contributed by atoms with Crippen molar-refractivity contribution in [1.82, 2.24) is 0 Å². The number of isothiocyanates is 1. The molecule has 0 saturated heterocycles. The predicted octanol–water partition coefficient (Wildman–Crippen LogP) is 3.73. The Morgan fingerprint density at radius 2 is 2.12 bits per heavy atom. The standard InChI is InChI=1S/C9H3ClF3NO2S/c10-4-1-7-6(2-5(4)14-3-17)15-8(11)9(12,13)16-7/h1-2,8H. The lowest BCUT2D eigenvalue weighted by Gasteiger charge is -2.28. The number of halogens is 4. The SMILES string of the molecule is FC1Oc2cc(N=C=S)c(Cl)cc2OC1(F)F. The van der Waals surface area contributed by atoms with E-state index in [9.17, 15) is 13.2 Å². The van der Waals surface area contributed by atoms with Crippen molar-refractivity contribution in [3.63, 3.8) is 0 Å². The Kier molecular flexibility index (Phi) is 2.99. The molecule has 0 bridgehead atoms. The van der Waals surface area contributed by atoms with Gasteiger partial charge in [0.25, 0.3) is 0 Å². The molecular weight excluding hydrogens is 279 g/mol. The molecule has 1 heterocycles. The highest BCUT2D eigenvalue weighted by Crippen LogP contribution is 2.44. The van der Waals surface area contributed by atoms with E-state index in [-0.39, 0.29) is 22.2 Å². The lowest BCUT2D eigenvalue weighted by Crippen LogP contribution is -2.43. The van der Waals surface area contributed by atoms with E-state index in [2.05, 4.69) is 26.7 Å². The summed E-state index contributed by atoms with van der Waals surface area (Å²) in [5.41, 5.74) is 0.126. The predicted molar refractivity (Wildman–Crippen MR) is 57.2 cm³/mol. The minimum Gasteiger partial charge on any atom is -0.447 e. The first-order valence-corrected chi connectivity index (χ1v) is 5.01. The second-order valence-corrected chi connectivity index (χ2v) is 3.64. The molecule has 0 N–H and O–H groups in total. The number of hydrogen-bond donors (Lipinski definition) is 0. The van der Waals surface area contributed by atoms with E-state index in [0.29, 0.717) is 0 Å². The highest BCUT2D eigenvalue weighted by Gasteiger charge is 2.49. The Morgan fingerprint density at radius 1 is 1.41 bits per heavy atom. The molecule has 2 rings (SSSR count). The number of fused-ring (bicyclic) bond motifs is 1. The largest absolute Gasteiger partial charge is 0.468 e. The fraction of sp³-hybridized carbons (Fsp3) is 0.222. The van der Waals surface area contributed by atoms with E-state index >= 15 is 0 Å². The second kappa shape index (κ2) is 4.18. The fourth-order valence-corrected chi connectivity index (χ4v) is 1.50. The smallest absolute Gasteiger partial charge is 0.447 e. The van der Waals surface area contributed by atoms with Crippen LogP contribution >= 0.6 is 23.8 Å². The number of ether oxygens (including phenoxy) is 2. The van der Waals surface area contributed by atoms with Gasteiger partial charge in [-0.05, 0) is 12.2 Å². The van der Waals surface area contributed by atoms with Crippen LogP contribution in [-0.4, -0.2) is 17.6 Å². The molecule has 1 aliphatic heterocycles. The van der Waals surface area contributed by atoms with Gasteiger partial charge in [0.15, 0.2) is 11.5 Å². The lowest BCUT2D eigenvalue weighted by atomic mass is 10.2. The fourth-order valence-electron chi connectivity index (χ4n) is 1.20. The van der Waals surface area contributed by atoms with Crippen LogP contribution in [0.4, 0.5) is 18.9 Å². The Hall–Kier alpha value is -1.30. The number of rotatable bonds is 1. The summed E-state index contributed by atoms with van der Waals surface area (Å²) in [6, 6.07) is 2.18. The zero-order chi connectivity index (χ0) is 12.6. The molecule has 0 amide bonds. The van der Waals surface area contributed by atoms with Crippen LogP contribution in [0, 0.1) is 0 Å². The van der Waals surface area contributed by atoms with Gasteiger partial charge in [-0.1, -0.05) is 11.6 Å². The summed E-state index contributed by atoms with van der Waals surface area (Å²) in [5, 5.41) is 2.06. The summed E-state index contributed by atoms with van der Waals surface area (Å²) in [4.78, 5) is 3.56. The van der Waals surface area contributed by atoms with Gasteiger partial charge in [-0.25, -0.2) is 0 Å². The summed E-state index contributed by atoms with van der Waals surface area (Å²) in [6.45, 7) is 0. The molecule has 0 saturated carbocycles. The van der Waals surface area contributed by atoms with Gasteiger partial charge in [0.05, 0.1) is 15.9 Å². The van der Waals surface area contributed by atoms with E-state index in [4.69, 9.17) is 11.6 Å². The second-order valence-electron chi connectivity index (χ2n) is 3.05. The van der Waals surface area contributed by atoms with E-state index in [1.54, 1.807) is 0 Å². The first kappa shape index (κ1) is 12.2. The van der Waals surface area contributed by atoms with Crippen molar-refractivity contribution in [2.75, 3.05) is 0 Å². The van der Waals surface area contributed by atoms with E-state index in [1.165, 1.54) is 0 Å². The van der Waals surface area contributed by atoms with Crippen molar-refractivity contribution >= 4 is 34.7 Å². The quantitative estimate of drug-likeness (QED) is 0.580. The van der Waals surface area contributed by atoms with Crippen LogP contribution in [0.25, 0.3) is 0 Å². The highest BCUT2D eigenvalue weighted by molar-refractivity contribution is 7.78. The normalized spacial score (nSPS) is 20.6. The van der Waals surface area contributed by atoms with Gasteiger partial charge >= 0.3 is 12.5 Å². The van der Waals surface area contributed by atoms with Crippen LogP contribution in [0.15, 0.2) is 17.1 Å². The molecule has 3 nitrogen and oxygen atoms in total. The van der Waals surface area contributed by atoms with Crippen molar-refractivity contribution in [2.45, 2.75) is 12.5 Å². The van der Waals surface area contributed by atoms with Gasteiger partial charge in [-0.15, -0.1) is 0 Å². The summed E-state index contributed by atoms with van der Waals surface area (Å²) in [5.74, 6) is -0.589. The number of hydrogen-bond acceptors (Lipinski definition) is 4. The minimum absolute atomic E-state index is 0.0119. The van der Waals surface area contributed by atoms with Gasteiger partial charge in [-0.2, -0.15) is 18.2 Å². The monoisotopic (exact) mass is 281 g/mol. The molecule has 0 spiro atoms. The average molecular weight is 282 g/mol. The summed E-state index contributed by atoms with van der Waals surface area (Å²) >= 11 is 10.1. The Balaban J connectivity index is 2.49. The molecule has 1 aromatic rings. The zero-order valence-electron chi connectivity index (χ0n) is 7.92. The van der Waals surface area contributed by atoms with E-state index in [1.807, 2.05) is 5.16 Å². The summed E-state index contributed by atoms with van der Waals surface area (Å²) in [6.07, 6.45) is -6.94. The number of alkyl halides is 3. The summed E-state index contributed by atoms with van der Waals surface area (Å²) in [7, 11) is 0. The molecule has 0 radical (unpaired) electrons. The molecule has 1 atom stereocenters. The van der Waals surface area contributed by atoms with Crippen molar-refractivity contribution in [1.29, 1.82) is 0 Å². The molecule has 90 valence electrons. The third kappa shape index (κ3) is 2.22. The molecular formula is C9H3ClF3NO2S. The molecule has 17 heavy (non-hydrogen) atoms. The van der Waals surface area contributed by atoms with Crippen LogP contribution in [0.1, 0.15) is 0 Å². The molecule has 1 aromatic carbocycles. The third-order valence-electron chi connectivity index (χ3n) is 1.92. The highest BCUT2D eigenvalue weighted by atomic mass is 35.5. The third-order valence-corrected chi connectivity index (χ3v) is 2.31. The first-order valence-electron chi connectivity index (χ1n) is 4.23. The Morgan fingerprint density at radius 3 is 2.76 bits per heavy atom. The molecule has 8 heteroatoms. The van der Waals surface area contributed by atoms with E-state index in [0.717, 1.165) is 12.1 Å². The topological polar surface area (TPSA) is 30.8 Å². The molecule has 0 aliphatic carbocycles. The summed E-state index contributed by atoms with van der Waals surface area (Å²) < 4.78 is 47.0. The maximum Gasteiger partial charge on any atom is 0.468 e. The number of aliphatic imine (C=N–C) groups is 1. The van der Waals surface area contributed by atoms with Gasteiger partial charge in [-0.3, -0.25) is 0 Å². The van der Waals surface area contributed by atoms with Gasteiger partial charge in [0, 0.05) is 12.1 Å². The maximum atomic E-state index is 12.9. The van der Waals surface area contributed by atoms with Gasteiger partial charge in [0.1, 0.15) is 0 Å². The average Bonchev–Trinajstić information content (AvgIpc) is 2.22. The van der Waals surface area contributed by atoms with Crippen molar-refractivity contribution in [3.05, 3.63) is 17.2 Å². The Bertz CT molecular complexity index is 519. The molecule has 1 aliphatic rings. The van der Waals surface area contributed by atoms with Crippen LogP contribution in [0.5, 0.6) is 11.5 Å². The first-order chi connectivity index (χ1) is 7.94. The van der Waals surface area contributed by atoms with Crippen molar-refractivity contribution in [2.24, 2.45) is 4.99 Å². The van der Waals surface area contributed by atoms with Crippen molar-refractivity contribution < 1.29 is 22.6 Å². The lowest BCUT2D eigenvalue weighted by molar-refractivity contribution is -0.281. The van der Waals surface area contributed by atoms with Crippen LogP contribution < -0.4 is 9.47 Å². The van der Waals surface area contributed by atoms with Crippen LogP contribution in [0.3, 0.4) is 0 Å². The number of benzene rings is 1. The van der Waals surface area contributed by atoms with Crippen LogP contribution in [-0.2, 0) is 0 Å². The molecule has 0 fully saturated rings. The van der Waals surface area contributed by atoms with Crippen molar-refractivity contribution in [3.8, 4) is 11.5 Å². The van der Waals surface area contributed by atoms with Gasteiger partial charge in [0.2, 0.25) is 0 Å². The van der Waals surface area contributed by atoms with Gasteiger partial charge < -0.3 is 9.47 Å². The molecule has 1 unspecified atom stereocenters. The number of nitrogens with zero attached hydrogens (tertiary/aromatic N) is 1. The van der Waals surface area contributed by atoms with Crippen LogP contribution in [0.2, 0.25) is 5.02 Å². The Labute approximate surface area is 104 Å². The number of thiocarbonyl (C=S) groups is 1. The van der Waals surface area contributed by atoms with E-state index < -0.39 is 12.5 Å². The zero-order valence-corrected chi connectivity index (χ0v) is 9.49. The maximum absolute atomic E-state index is 12.9. The minimum atomic E-state index is -4.05. The molecule has 0 aromatic heterocycles.